The van der Waals surface area contributed by atoms with Crippen molar-refractivity contribution in [2.75, 3.05) is 11.9 Å². The molecule has 32 heavy (non-hydrogen) atoms. The van der Waals surface area contributed by atoms with Crippen LogP contribution in [0.15, 0.2) is 54.6 Å². The van der Waals surface area contributed by atoms with Gasteiger partial charge in [0.25, 0.3) is 0 Å². The first-order valence-electron chi connectivity index (χ1n) is 11.3. The van der Waals surface area contributed by atoms with Crippen molar-refractivity contribution in [3.05, 3.63) is 65.7 Å². The molecule has 6 heteroatoms. The number of amides is 2. The quantitative estimate of drug-likeness (QED) is 0.560. The van der Waals surface area contributed by atoms with Crippen LogP contribution in [0.2, 0.25) is 0 Å². The van der Waals surface area contributed by atoms with Crippen LogP contribution >= 0.6 is 0 Å². The monoisotopic (exact) mass is 438 g/mol. The van der Waals surface area contributed by atoms with E-state index in [0.717, 1.165) is 36.9 Å². The molecule has 1 fully saturated rings. The molecule has 6 nitrogen and oxygen atoms in total. The van der Waals surface area contributed by atoms with Crippen LogP contribution in [0.1, 0.15) is 63.5 Å². The molecule has 0 spiro atoms. The summed E-state index contributed by atoms with van der Waals surface area (Å²) in [6, 6.07) is 17.6. The van der Waals surface area contributed by atoms with Crippen LogP contribution in [0, 0.1) is 5.92 Å². The highest BCUT2D eigenvalue weighted by atomic mass is 16.6. The summed E-state index contributed by atoms with van der Waals surface area (Å²) in [7, 11) is 0. The highest BCUT2D eigenvalue weighted by Gasteiger charge is 2.24. The highest BCUT2D eigenvalue weighted by Crippen LogP contribution is 2.36. The number of anilines is 1. The van der Waals surface area contributed by atoms with E-state index in [2.05, 4.69) is 22.8 Å². The van der Waals surface area contributed by atoms with Crippen molar-refractivity contribution >= 4 is 17.9 Å². The summed E-state index contributed by atoms with van der Waals surface area (Å²) < 4.78 is 10.6. The lowest BCUT2D eigenvalue weighted by molar-refractivity contribution is 0.0514. The van der Waals surface area contributed by atoms with Gasteiger partial charge in [0, 0.05) is 12.2 Å². The molecule has 0 aromatic heterocycles. The van der Waals surface area contributed by atoms with Crippen molar-refractivity contribution in [1.82, 2.24) is 5.32 Å². The molecule has 3 rings (SSSR count). The molecular formula is C26H34N2O4. The normalized spacial score (nSPS) is 18.5. The summed E-state index contributed by atoms with van der Waals surface area (Å²) in [4.78, 5) is 23.9. The fourth-order valence-corrected chi connectivity index (χ4v) is 3.96. The number of rotatable bonds is 6. The lowest BCUT2D eigenvalue weighted by Gasteiger charge is -2.29. The Morgan fingerprint density at radius 2 is 1.56 bits per heavy atom. The molecule has 1 saturated carbocycles. The van der Waals surface area contributed by atoms with Gasteiger partial charge in [0.2, 0.25) is 0 Å². The van der Waals surface area contributed by atoms with Gasteiger partial charge in [0.1, 0.15) is 12.2 Å². The maximum Gasteiger partial charge on any atom is 0.411 e. The van der Waals surface area contributed by atoms with Gasteiger partial charge in [0.05, 0.1) is 0 Å². The van der Waals surface area contributed by atoms with Crippen molar-refractivity contribution in [2.45, 2.75) is 64.6 Å². The number of carbonyl (C=O) groups excluding carboxylic acids is 2. The van der Waals surface area contributed by atoms with Gasteiger partial charge in [-0.05, 0) is 81.5 Å². The number of ether oxygens (including phenoxy) is 2. The third-order valence-electron chi connectivity index (χ3n) is 5.62. The summed E-state index contributed by atoms with van der Waals surface area (Å²) in [5.74, 6) is 0.992. The molecule has 0 saturated heterocycles. The van der Waals surface area contributed by atoms with Gasteiger partial charge < -0.3 is 14.8 Å². The Morgan fingerprint density at radius 1 is 0.906 bits per heavy atom. The minimum absolute atomic E-state index is 0.247. The molecule has 0 unspecified atom stereocenters. The van der Waals surface area contributed by atoms with E-state index in [-0.39, 0.29) is 12.7 Å². The average Bonchev–Trinajstić information content (AvgIpc) is 2.77. The Morgan fingerprint density at radius 3 is 2.19 bits per heavy atom. The second-order valence-electron chi connectivity index (χ2n) is 9.41. The first-order valence-corrected chi connectivity index (χ1v) is 11.3. The van der Waals surface area contributed by atoms with Gasteiger partial charge in [-0.15, -0.1) is 0 Å². The smallest absolute Gasteiger partial charge is 0.411 e. The van der Waals surface area contributed by atoms with Crippen molar-refractivity contribution in [1.29, 1.82) is 0 Å². The van der Waals surface area contributed by atoms with Crippen LogP contribution in [0.25, 0.3) is 0 Å². The first-order chi connectivity index (χ1) is 15.3. The van der Waals surface area contributed by atoms with Crippen LogP contribution in [-0.4, -0.2) is 24.3 Å². The van der Waals surface area contributed by atoms with E-state index in [1.165, 1.54) is 5.56 Å². The molecular weight excluding hydrogens is 404 g/mol. The van der Waals surface area contributed by atoms with Crippen LogP contribution < -0.4 is 10.6 Å². The standard InChI is InChI=1S/C26H34N2O4/c1-26(2,3)32-24(29)27-17-19-9-11-21(12-10-19)22-13-15-23(16-14-22)28-25(30)31-18-20-7-5-4-6-8-20/h4-8,13-16,19,21H,9-12,17-18H2,1-3H3,(H,27,29)(H,28,30). The van der Waals surface area contributed by atoms with E-state index >= 15 is 0 Å². The minimum atomic E-state index is -0.471. The fourth-order valence-electron chi connectivity index (χ4n) is 3.96. The molecule has 0 bridgehead atoms. The Bertz CT molecular complexity index is 867. The van der Waals surface area contributed by atoms with E-state index in [1.807, 2.05) is 63.2 Å². The summed E-state index contributed by atoms with van der Waals surface area (Å²) in [6.07, 6.45) is 3.53. The molecule has 1 aliphatic carbocycles. The zero-order valence-electron chi connectivity index (χ0n) is 19.2. The van der Waals surface area contributed by atoms with E-state index < -0.39 is 11.7 Å². The number of benzene rings is 2. The Balaban J connectivity index is 1.39. The number of alkyl carbamates (subject to hydrolysis) is 1. The molecule has 0 heterocycles. The summed E-state index contributed by atoms with van der Waals surface area (Å²) in [6.45, 7) is 6.51. The molecule has 2 amide bonds. The zero-order chi connectivity index (χ0) is 23.0. The molecule has 0 radical (unpaired) electrons. The van der Waals surface area contributed by atoms with E-state index in [9.17, 15) is 9.59 Å². The Labute approximate surface area is 190 Å². The van der Waals surface area contributed by atoms with E-state index in [4.69, 9.17) is 9.47 Å². The van der Waals surface area contributed by atoms with Gasteiger partial charge in [-0.1, -0.05) is 42.5 Å². The number of hydrogen-bond donors (Lipinski definition) is 2. The van der Waals surface area contributed by atoms with Crippen LogP contribution in [-0.2, 0) is 16.1 Å². The fraction of sp³-hybridized carbons (Fsp3) is 0.462. The van der Waals surface area contributed by atoms with Crippen LogP contribution in [0.4, 0.5) is 15.3 Å². The van der Waals surface area contributed by atoms with Crippen molar-refractivity contribution in [2.24, 2.45) is 5.92 Å². The van der Waals surface area contributed by atoms with Crippen LogP contribution in [0.5, 0.6) is 0 Å². The number of hydrogen-bond acceptors (Lipinski definition) is 4. The van der Waals surface area contributed by atoms with Gasteiger partial charge in [-0.2, -0.15) is 0 Å². The summed E-state index contributed by atoms with van der Waals surface area (Å²) >= 11 is 0. The second kappa shape index (κ2) is 11.0. The third-order valence-corrected chi connectivity index (χ3v) is 5.62. The Hall–Kier alpha value is -3.02. The van der Waals surface area contributed by atoms with Gasteiger partial charge in [0.15, 0.2) is 0 Å². The van der Waals surface area contributed by atoms with Gasteiger partial charge in [-0.25, -0.2) is 9.59 Å². The summed E-state index contributed by atoms with van der Waals surface area (Å²) in [5.41, 5.74) is 2.49. The molecule has 2 N–H and O–H groups in total. The van der Waals surface area contributed by atoms with E-state index in [0.29, 0.717) is 18.4 Å². The predicted molar refractivity (Wildman–Crippen MR) is 126 cm³/mol. The van der Waals surface area contributed by atoms with Crippen molar-refractivity contribution in [3.8, 4) is 0 Å². The lowest BCUT2D eigenvalue weighted by Crippen LogP contribution is -2.36. The van der Waals surface area contributed by atoms with Gasteiger partial charge >= 0.3 is 12.2 Å². The number of nitrogens with one attached hydrogen (secondary N) is 2. The lowest BCUT2D eigenvalue weighted by atomic mass is 9.78. The topological polar surface area (TPSA) is 76.7 Å². The molecule has 0 atom stereocenters. The molecule has 0 aliphatic heterocycles. The SMILES string of the molecule is CC(C)(C)OC(=O)NCC1CCC(c2ccc(NC(=O)OCc3ccccc3)cc2)CC1. The van der Waals surface area contributed by atoms with Crippen LogP contribution in [0.3, 0.4) is 0 Å². The largest absolute Gasteiger partial charge is 0.444 e. The molecule has 2 aromatic rings. The maximum absolute atomic E-state index is 12.0. The highest BCUT2D eigenvalue weighted by molar-refractivity contribution is 5.84. The zero-order valence-corrected chi connectivity index (χ0v) is 19.2. The van der Waals surface area contributed by atoms with Crippen molar-refractivity contribution in [3.63, 3.8) is 0 Å². The van der Waals surface area contributed by atoms with Gasteiger partial charge in [-0.3, -0.25) is 5.32 Å². The average molecular weight is 439 g/mol. The number of carbonyl (C=O) groups is 2. The second-order valence-corrected chi connectivity index (χ2v) is 9.41. The third kappa shape index (κ3) is 7.91. The van der Waals surface area contributed by atoms with Crippen molar-refractivity contribution < 1.29 is 19.1 Å². The molecule has 2 aromatic carbocycles. The molecule has 172 valence electrons. The Kier molecular flexibility index (Phi) is 8.14. The predicted octanol–water partition coefficient (Wildman–Crippen LogP) is 6.23. The van der Waals surface area contributed by atoms with E-state index in [1.54, 1.807) is 0 Å². The minimum Gasteiger partial charge on any atom is -0.444 e. The molecule has 1 aliphatic rings. The maximum atomic E-state index is 12.0. The first kappa shape index (κ1) is 23.6. The summed E-state index contributed by atoms with van der Waals surface area (Å²) in [5, 5.41) is 5.68.